The van der Waals surface area contributed by atoms with Crippen molar-refractivity contribution in [3.63, 3.8) is 0 Å². The van der Waals surface area contributed by atoms with E-state index in [4.69, 9.17) is 0 Å². The number of hydrogen-bond acceptors (Lipinski definition) is 2. The third kappa shape index (κ3) is 6.05. The Morgan fingerprint density at radius 1 is 1.39 bits per heavy atom. The van der Waals surface area contributed by atoms with Crippen molar-refractivity contribution in [3.05, 3.63) is 12.7 Å². The van der Waals surface area contributed by atoms with Crippen molar-refractivity contribution in [2.24, 2.45) is 10.9 Å². The summed E-state index contributed by atoms with van der Waals surface area (Å²) in [5.74, 6) is 1.51. The SMILES string of the molecule is C=CCNC(=NCC(C)CN1CCCC1)NCC. The first-order valence-electron chi connectivity index (χ1n) is 7.11. The number of hydrogen-bond donors (Lipinski definition) is 2. The van der Waals surface area contributed by atoms with Gasteiger partial charge in [-0.05, 0) is 38.8 Å². The minimum absolute atomic E-state index is 0.613. The van der Waals surface area contributed by atoms with Gasteiger partial charge in [0, 0.05) is 26.2 Å². The van der Waals surface area contributed by atoms with Gasteiger partial charge in [-0.1, -0.05) is 13.0 Å². The molecule has 0 aliphatic carbocycles. The molecule has 104 valence electrons. The molecule has 1 saturated heterocycles. The highest BCUT2D eigenvalue weighted by Crippen LogP contribution is 2.10. The minimum atomic E-state index is 0.613. The van der Waals surface area contributed by atoms with Crippen LogP contribution >= 0.6 is 0 Å². The van der Waals surface area contributed by atoms with Gasteiger partial charge in [-0.15, -0.1) is 6.58 Å². The van der Waals surface area contributed by atoms with E-state index in [-0.39, 0.29) is 0 Å². The van der Waals surface area contributed by atoms with Crippen LogP contribution in [0.2, 0.25) is 0 Å². The summed E-state index contributed by atoms with van der Waals surface area (Å²) in [6.07, 6.45) is 4.57. The molecule has 1 aliphatic rings. The molecule has 0 spiro atoms. The summed E-state index contributed by atoms with van der Waals surface area (Å²) in [6, 6.07) is 0. The van der Waals surface area contributed by atoms with Crippen molar-refractivity contribution >= 4 is 5.96 Å². The van der Waals surface area contributed by atoms with Crippen LogP contribution in [0, 0.1) is 5.92 Å². The van der Waals surface area contributed by atoms with E-state index in [9.17, 15) is 0 Å². The summed E-state index contributed by atoms with van der Waals surface area (Å²) in [7, 11) is 0. The molecule has 0 saturated carbocycles. The zero-order valence-electron chi connectivity index (χ0n) is 11.9. The first kappa shape index (κ1) is 15.0. The maximum Gasteiger partial charge on any atom is 0.191 e. The Hall–Kier alpha value is -1.03. The van der Waals surface area contributed by atoms with Gasteiger partial charge in [0.05, 0.1) is 0 Å². The summed E-state index contributed by atoms with van der Waals surface area (Å²) in [6.45, 7) is 14.3. The van der Waals surface area contributed by atoms with E-state index in [1.54, 1.807) is 0 Å². The van der Waals surface area contributed by atoms with Gasteiger partial charge in [0.25, 0.3) is 0 Å². The van der Waals surface area contributed by atoms with E-state index in [2.05, 4.69) is 41.0 Å². The van der Waals surface area contributed by atoms with E-state index in [1.807, 2.05) is 6.08 Å². The van der Waals surface area contributed by atoms with Crippen LogP contribution in [0.4, 0.5) is 0 Å². The largest absolute Gasteiger partial charge is 0.357 e. The average Bonchev–Trinajstić information content (AvgIpc) is 2.85. The van der Waals surface area contributed by atoms with Gasteiger partial charge in [0.1, 0.15) is 0 Å². The lowest BCUT2D eigenvalue weighted by Gasteiger charge is -2.19. The summed E-state index contributed by atoms with van der Waals surface area (Å²) in [5.41, 5.74) is 0. The van der Waals surface area contributed by atoms with Crippen LogP contribution in [0.1, 0.15) is 26.7 Å². The van der Waals surface area contributed by atoms with E-state index in [0.29, 0.717) is 5.92 Å². The van der Waals surface area contributed by atoms with Crippen molar-refractivity contribution < 1.29 is 0 Å². The van der Waals surface area contributed by atoms with Crippen molar-refractivity contribution in [2.45, 2.75) is 26.7 Å². The van der Waals surface area contributed by atoms with Crippen LogP contribution in [0.3, 0.4) is 0 Å². The van der Waals surface area contributed by atoms with Crippen LogP contribution in [-0.2, 0) is 0 Å². The number of likely N-dealkylation sites (tertiary alicyclic amines) is 1. The molecule has 0 amide bonds. The molecule has 0 bridgehead atoms. The maximum atomic E-state index is 4.61. The van der Waals surface area contributed by atoms with Gasteiger partial charge in [0.15, 0.2) is 5.96 Å². The standard InChI is InChI=1S/C14H28N4/c1-4-8-16-14(15-5-2)17-11-13(3)12-18-9-6-7-10-18/h4,13H,1,5-12H2,2-3H3,(H2,15,16,17). The average molecular weight is 252 g/mol. The second-order valence-corrected chi connectivity index (χ2v) is 5.00. The molecule has 0 aromatic heterocycles. The predicted molar refractivity (Wildman–Crippen MR) is 79.0 cm³/mol. The molecule has 18 heavy (non-hydrogen) atoms. The Morgan fingerprint density at radius 2 is 2.11 bits per heavy atom. The zero-order valence-corrected chi connectivity index (χ0v) is 11.9. The molecule has 1 heterocycles. The topological polar surface area (TPSA) is 39.7 Å². The van der Waals surface area contributed by atoms with Gasteiger partial charge in [-0.25, -0.2) is 0 Å². The van der Waals surface area contributed by atoms with E-state index in [0.717, 1.165) is 25.6 Å². The smallest absolute Gasteiger partial charge is 0.191 e. The summed E-state index contributed by atoms with van der Waals surface area (Å²) < 4.78 is 0. The molecule has 1 fully saturated rings. The molecule has 0 aromatic carbocycles. The monoisotopic (exact) mass is 252 g/mol. The lowest BCUT2D eigenvalue weighted by molar-refractivity contribution is 0.291. The van der Waals surface area contributed by atoms with Crippen molar-refractivity contribution in [1.82, 2.24) is 15.5 Å². The lowest BCUT2D eigenvalue weighted by Crippen LogP contribution is -2.38. The molecule has 4 nitrogen and oxygen atoms in total. The first-order chi connectivity index (χ1) is 8.76. The Morgan fingerprint density at radius 3 is 2.72 bits per heavy atom. The molecular formula is C14H28N4. The quantitative estimate of drug-likeness (QED) is 0.409. The van der Waals surface area contributed by atoms with E-state index < -0.39 is 0 Å². The van der Waals surface area contributed by atoms with E-state index in [1.165, 1.54) is 32.5 Å². The van der Waals surface area contributed by atoms with Crippen LogP contribution < -0.4 is 10.6 Å². The summed E-state index contributed by atoms with van der Waals surface area (Å²) >= 11 is 0. The van der Waals surface area contributed by atoms with Crippen LogP contribution in [0.25, 0.3) is 0 Å². The van der Waals surface area contributed by atoms with Gasteiger partial charge < -0.3 is 15.5 Å². The summed E-state index contributed by atoms with van der Waals surface area (Å²) in [4.78, 5) is 7.16. The second kappa shape index (κ2) is 8.97. The number of aliphatic imine (C=N–C) groups is 1. The number of nitrogens with zero attached hydrogens (tertiary/aromatic N) is 2. The Labute approximate surface area is 112 Å². The minimum Gasteiger partial charge on any atom is -0.357 e. The highest BCUT2D eigenvalue weighted by atomic mass is 15.2. The number of rotatable bonds is 7. The number of guanidine groups is 1. The third-order valence-corrected chi connectivity index (χ3v) is 3.09. The molecule has 1 atom stereocenters. The Balaban J connectivity index is 2.29. The zero-order chi connectivity index (χ0) is 13.2. The van der Waals surface area contributed by atoms with Crippen molar-refractivity contribution in [2.75, 3.05) is 39.3 Å². The van der Waals surface area contributed by atoms with Crippen LogP contribution in [0.15, 0.2) is 17.6 Å². The molecule has 0 radical (unpaired) electrons. The molecule has 4 heteroatoms. The van der Waals surface area contributed by atoms with Crippen LogP contribution in [0.5, 0.6) is 0 Å². The van der Waals surface area contributed by atoms with Crippen LogP contribution in [-0.4, -0.2) is 50.1 Å². The maximum absolute atomic E-state index is 4.61. The van der Waals surface area contributed by atoms with Crippen molar-refractivity contribution in [3.8, 4) is 0 Å². The highest BCUT2D eigenvalue weighted by molar-refractivity contribution is 5.79. The van der Waals surface area contributed by atoms with E-state index >= 15 is 0 Å². The lowest BCUT2D eigenvalue weighted by atomic mass is 10.2. The molecular weight excluding hydrogens is 224 g/mol. The van der Waals surface area contributed by atoms with Gasteiger partial charge >= 0.3 is 0 Å². The fraction of sp³-hybridized carbons (Fsp3) is 0.786. The fourth-order valence-electron chi connectivity index (χ4n) is 2.22. The second-order valence-electron chi connectivity index (χ2n) is 5.00. The molecule has 1 unspecified atom stereocenters. The Kier molecular flexibility index (Phi) is 7.49. The normalized spacial score (nSPS) is 18.7. The highest BCUT2D eigenvalue weighted by Gasteiger charge is 2.14. The molecule has 1 aliphatic heterocycles. The number of nitrogens with one attached hydrogen (secondary N) is 2. The molecule has 1 rings (SSSR count). The summed E-state index contributed by atoms with van der Waals surface area (Å²) in [5, 5.41) is 6.47. The predicted octanol–water partition coefficient (Wildman–Crippen LogP) is 1.46. The van der Waals surface area contributed by atoms with Gasteiger partial charge in [-0.2, -0.15) is 0 Å². The Bertz CT molecular complexity index is 257. The van der Waals surface area contributed by atoms with Gasteiger partial charge in [-0.3, -0.25) is 4.99 Å². The fourth-order valence-corrected chi connectivity index (χ4v) is 2.22. The molecule has 0 aromatic rings. The van der Waals surface area contributed by atoms with Gasteiger partial charge in [0.2, 0.25) is 0 Å². The third-order valence-electron chi connectivity index (χ3n) is 3.09. The first-order valence-corrected chi connectivity index (χ1v) is 7.11. The molecule has 2 N–H and O–H groups in total. The van der Waals surface area contributed by atoms with Crippen molar-refractivity contribution in [1.29, 1.82) is 0 Å².